The minimum atomic E-state index is 0.685. The number of furan rings is 1. The summed E-state index contributed by atoms with van der Waals surface area (Å²) >= 11 is 0. The third-order valence-electron chi connectivity index (χ3n) is 9.86. The second kappa shape index (κ2) is 11.9. The average molecular weight is 651 g/mol. The van der Waals surface area contributed by atoms with E-state index in [9.17, 15) is 0 Å². The molecular weight excluding hydrogens is 621 g/mol. The molecule has 0 N–H and O–H groups in total. The lowest BCUT2D eigenvalue weighted by Gasteiger charge is -2.11. The lowest BCUT2D eigenvalue weighted by Crippen LogP contribution is -1.96. The van der Waals surface area contributed by atoms with Gasteiger partial charge in [0.1, 0.15) is 11.2 Å². The Labute approximate surface area is 295 Å². The van der Waals surface area contributed by atoms with Crippen molar-refractivity contribution >= 4 is 43.5 Å². The van der Waals surface area contributed by atoms with E-state index in [1.54, 1.807) is 0 Å². The fourth-order valence-corrected chi connectivity index (χ4v) is 7.28. The number of benzene rings is 8. The van der Waals surface area contributed by atoms with E-state index in [2.05, 4.69) is 164 Å². The quantitative estimate of drug-likeness (QED) is 0.186. The Balaban J connectivity index is 1.13. The van der Waals surface area contributed by atoms with Gasteiger partial charge in [-0.15, -0.1) is 0 Å². The highest BCUT2D eigenvalue weighted by molar-refractivity contribution is 6.21. The first kappa shape index (κ1) is 29.1. The summed E-state index contributed by atoms with van der Waals surface area (Å²) in [4.78, 5) is 10.3. The molecule has 0 radical (unpaired) electrons. The third kappa shape index (κ3) is 5.15. The molecule has 0 saturated heterocycles. The summed E-state index contributed by atoms with van der Waals surface area (Å²) in [6.07, 6.45) is 0. The maximum absolute atomic E-state index is 6.64. The van der Waals surface area contributed by atoms with Crippen LogP contribution in [-0.4, -0.2) is 9.97 Å². The van der Waals surface area contributed by atoms with Crippen molar-refractivity contribution in [2.24, 2.45) is 0 Å². The molecule has 2 heterocycles. The van der Waals surface area contributed by atoms with Crippen LogP contribution in [0.15, 0.2) is 186 Å². The van der Waals surface area contributed by atoms with Crippen molar-refractivity contribution in [3.63, 3.8) is 0 Å². The van der Waals surface area contributed by atoms with Crippen LogP contribution in [0.4, 0.5) is 0 Å². The van der Waals surface area contributed by atoms with E-state index in [4.69, 9.17) is 14.4 Å². The van der Waals surface area contributed by atoms with E-state index >= 15 is 0 Å². The van der Waals surface area contributed by atoms with Gasteiger partial charge in [0.2, 0.25) is 0 Å². The van der Waals surface area contributed by atoms with Crippen LogP contribution in [0.3, 0.4) is 0 Å². The highest BCUT2D eigenvalue weighted by Crippen LogP contribution is 2.42. The zero-order chi connectivity index (χ0) is 33.7. The van der Waals surface area contributed by atoms with E-state index in [0.717, 1.165) is 77.5 Å². The number of hydrogen-bond acceptors (Lipinski definition) is 3. The molecule has 238 valence electrons. The predicted molar refractivity (Wildman–Crippen MR) is 212 cm³/mol. The Kier molecular flexibility index (Phi) is 6.81. The summed E-state index contributed by atoms with van der Waals surface area (Å²) in [7, 11) is 0. The molecule has 10 aromatic rings. The smallest absolute Gasteiger partial charge is 0.160 e. The Morgan fingerprint density at radius 1 is 0.353 bits per heavy atom. The van der Waals surface area contributed by atoms with Crippen LogP contribution in [0.25, 0.3) is 99.6 Å². The summed E-state index contributed by atoms with van der Waals surface area (Å²) in [6, 6.07) is 63.8. The van der Waals surface area contributed by atoms with Crippen LogP contribution in [0, 0.1) is 0 Å². The minimum Gasteiger partial charge on any atom is -0.455 e. The van der Waals surface area contributed by atoms with Crippen LogP contribution < -0.4 is 0 Å². The maximum Gasteiger partial charge on any atom is 0.160 e. The van der Waals surface area contributed by atoms with Gasteiger partial charge in [-0.25, -0.2) is 9.97 Å². The largest absolute Gasteiger partial charge is 0.455 e. The van der Waals surface area contributed by atoms with E-state index in [1.807, 2.05) is 18.2 Å². The second-order valence-electron chi connectivity index (χ2n) is 13.0. The molecule has 0 bridgehead atoms. The van der Waals surface area contributed by atoms with Gasteiger partial charge in [0.15, 0.2) is 5.82 Å². The van der Waals surface area contributed by atoms with Gasteiger partial charge in [-0.3, -0.25) is 0 Å². The molecule has 0 amide bonds. The Bertz CT molecular complexity index is 2890. The lowest BCUT2D eigenvalue weighted by atomic mass is 9.94. The van der Waals surface area contributed by atoms with Crippen molar-refractivity contribution < 1.29 is 4.42 Å². The van der Waals surface area contributed by atoms with Crippen LogP contribution in [0.1, 0.15) is 0 Å². The first-order valence-electron chi connectivity index (χ1n) is 17.2. The van der Waals surface area contributed by atoms with Crippen molar-refractivity contribution in [1.29, 1.82) is 0 Å². The number of rotatable bonds is 5. The molecule has 0 spiro atoms. The lowest BCUT2D eigenvalue weighted by molar-refractivity contribution is 0.673. The molecule has 0 atom stereocenters. The van der Waals surface area contributed by atoms with Gasteiger partial charge in [-0.05, 0) is 74.8 Å². The Morgan fingerprint density at radius 2 is 0.961 bits per heavy atom. The Morgan fingerprint density at radius 3 is 1.75 bits per heavy atom. The molecule has 0 saturated carbocycles. The normalized spacial score (nSPS) is 11.5. The van der Waals surface area contributed by atoms with E-state index in [0.29, 0.717) is 5.82 Å². The first-order chi connectivity index (χ1) is 25.2. The van der Waals surface area contributed by atoms with Gasteiger partial charge in [-0.2, -0.15) is 0 Å². The molecule has 2 aromatic heterocycles. The minimum absolute atomic E-state index is 0.685. The van der Waals surface area contributed by atoms with Gasteiger partial charge in [-0.1, -0.05) is 146 Å². The van der Waals surface area contributed by atoms with Crippen LogP contribution >= 0.6 is 0 Å². The fourth-order valence-electron chi connectivity index (χ4n) is 7.28. The molecule has 8 aromatic carbocycles. The molecule has 0 fully saturated rings. The average Bonchev–Trinajstić information content (AvgIpc) is 3.60. The highest BCUT2D eigenvalue weighted by Gasteiger charge is 2.18. The van der Waals surface area contributed by atoms with Gasteiger partial charge < -0.3 is 4.42 Å². The summed E-state index contributed by atoms with van der Waals surface area (Å²) in [5.74, 6) is 0.685. The number of fused-ring (bicyclic) bond motifs is 6. The predicted octanol–water partition coefficient (Wildman–Crippen LogP) is 13.0. The molecule has 0 unspecified atom stereocenters. The van der Waals surface area contributed by atoms with Gasteiger partial charge >= 0.3 is 0 Å². The molecule has 10 rings (SSSR count). The van der Waals surface area contributed by atoms with Crippen LogP contribution in [0.2, 0.25) is 0 Å². The zero-order valence-electron chi connectivity index (χ0n) is 27.6. The van der Waals surface area contributed by atoms with E-state index in [1.165, 1.54) is 16.3 Å². The maximum atomic E-state index is 6.64. The summed E-state index contributed by atoms with van der Waals surface area (Å²) < 4.78 is 6.64. The van der Waals surface area contributed by atoms with Gasteiger partial charge in [0.05, 0.1) is 11.4 Å². The summed E-state index contributed by atoms with van der Waals surface area (Å²) in [5, 5.41) is 6.90. The topological polar surface area (TPSA) is 38.9 Å². The van der Waals surface area contributed by atoms with Crippen molar-refractivity contribution in [2.45, 2.75) is 0 Å². The van der Waals surface area contributed by atoms with Crippen LogP contribution in [-0.2, 0) is 0 Å². The summed E-state index contributed by atoms with van der Waals surface area (Å²) in [6.45, 7) is 0. The van der Waals surface area contributed by atoms with Crippen molar-refractivity contribution in [2.75, 3.05) is 0 Å². The van der Waals surface area contributed by atoms with Gasteiger partial charge in [0, 0.05) is 32.8 Å². The van der Waals surface area contributed by atoms with Crippen molar-refractivity contribution in [1.82, 2.24) is 9.97 Å². The molecule has 0 aliphatic heterocycles. The zero-order valence-corrected chi connectivity index (χ0v) is 27.6. The SMILES string of the molecule is c1ccc(-c2cc(-c3ccc4oc5c6ccccc6cc(-c6ccccc6)c5c4c3)nc(-c3ccc(-c4ccc5ccccc5c4)cc3)n2)cc1. The van der Waals surface area contributed by atoms with Crippen molar-refractivity contribution in [3.8, 4) is 56.2 Å². The molecule has 0 aliphatic rings. The van der Waals surface area contributed by atoms with E-state index < -0.39 is 0 Å². The molecule has 3 nitrogen and oxygen atoms in total. The summed E-state index contributed by atoms with van der Waals surface area (Å²) in [5.41, 5.74) is 11.1. The first-order valence-corrected chi connectivity index (χ1v) is 17.2. The molecular formula is C48H30N2O. The monoisotopic (exact) mass is 650 g/mol. The Hall–Kier alpha value is -6.84. The third-order valence-corrected chi connectivity index (χ3v) is 9.86. The number of hydrogen-bond donors (Lipinski definition) is 0. The van der Waals surface area contributed by atoms with E-state index in [-0.39, 0.29) is 0 Å². The highest BCUT2D eigenvalue weighted by atomic mass is 16.3. The molecule has 51 heavy (non-hydrogen) atoms. The number of nitrogens with zero attached hydrogens (tertiary/aromatic N) is 2. The van der Waals surface area contributed by atoms with Gasteiger partial charge in [0.25, 0.3) is 0 Å². The van der Waals surface area contributed by atoms with Crippen molar-refractivity contribution in [3.05, 3.63) is 182 Å². The second-order valence-corrected chi connectivity index (χ2v) is 13.0. The van der Waals surface area contributed by atoms with Crippen LogP contribution in [0.5, 0.6) is 0 Å². The standard InChI is InChI=1S/C48H30N2O/c1-3-12-33(13-4-1)41-28-38-17-9-10-18-40(38)47-46(41)42-29-39(25-26-45(42)51-47)44-30-43(34-14-5-2-6-15-34)49-48(50-44)35-22-19-32(20-23-35)37-24-21-31-11-7-8-16-36(31)27-37/h1-30H. The fraction of sp³-hybridized carbons (Fsp3) is 0. The molecule has 3 heteroatoms. The number of aromatic nitrogens is 2. The molecule has 0 aliphatic carbocycles.